The highest BCUT2D eigenvalue weighted by molar-refractivity contribution is 5.88. The fourth-order valence-corrected chi connectivity index (χ4v) is 3.54. The number of fused-ring (bicyclic) bond motifs is 1. The van der Waals surface area contributed by atoms with Gasteiger partial charge in [0.25, 0.3) is 0 Å². The Morgan fingerprint density at radius 1 is 1.31 bits per heavy atom. The third-order valence-electron chi connectivity index (χ3n) is 5.15. The summed E-state index contributed by atoms with van der Waals surface area (Å²) in [5.41, 5.74) is 2.91. The molecule has 1 aliphatic carbocycles. The predicted molar refractivity (Wildman–Crippen MR) is 101 cm³/mol. The lowest BCUT2D eigenvalue weighted by Crippen LogP contribution is -2.28. The van der Waals surface area contributed by atoms with Crippen LogP contribution in [0.3, 0.4) is 0 Å². The molecular formula is C21H20F3N3O2. The molecule has 4 rings (SSSR count). The van der Waals surface area contributed by atoms with Crippen LogP contribution in [0.25, 0.3) is 10.9 Å². The number of ether oxygens (including phenoxy) is 1. The van der Waals surface area contributed by atoms with E-state index in [2.05, 4.69) is 20.0 Å². The van der Waals surface area contributed by atoms with Gasteiger partial charge in [0.2, 0.25) is 11.8 Å². The molecule has 0 radical (unpaired) electrons. The summed E-state index contributed by atoms with van der Waals surface area (Å²) in [7, 11) is 0. The summed E-state index contributed by atoms with van der Waals surface area (Å²) in [6, 6.07) is 10.7. The Labute approximate surface area is 165 Å². The average Bonchev–Trinajstić information content (AvgIpc) is 3.34. The van der Waals surface area contributed by atoms with Gasteiger partial charge in [-0.05, 0) is 41.8 Å². The number of pyridine rings is 1. The third kappa shape index (κ3) is 4.36. The zero-order valence-corrected chi connectivity index (χ0v) is 15.7. The molecule has 1 fully saturated rings. The molecule has 0 bridgehead atoms. The minimum atomic E-state index is -4.41. The molecule has 0 saturated heterocycles. The topological polar surface area (TPSA) is 67.0 Å². The van der Waals surface area contributed by atoms with Gasteiger partial charge in [0.15, 0.2) is 6.61 Å². The Morgan fingerprint density at radius 2 is 2.14 bits per heavy atom. The van der Waals surface area contributed by atoms with Gasteiger partial charge in [-0.3, -0.25) is 4.79 Å². The van der Waals surface area contributed by atoms with E-state index in [4.69, 9.17) is 0 Å². The summed E-state index contributed by atoms with van der Waals surface area (Å²) < 4.78 is 41.2. The highest BCUT2D eigenvalue weighted by Crippen LogP contribution is 2.49. The van der Waals surface area contributed by atoms with E-state index in [0.29, 0.717) is 5.56 Å². The molecule has 1 aliphatic rings. The van der Waals surface area contributed by atoms with Crippen LogP contribution in [-0.4, -0.2) is 28.7 Å². The Balaban J connectivity index is 1.35. The average molecular weight is 403 g/mol. The summed E-state index contributed by atoms with van der Waals surface area (Å²) >= 11 is 0. The normalized spacial score (nSPS) is 19.7. The summed E-state index contributed by atoms with van der Waals surface area (Å²) in [6.45, 7) is 0.427. The highest BCUT2D eigenvalue weighted by atomic mass is 19.4. The standard InChI is InChI=1S/C21H20F3N3O2/c1-12(14-5-6-18(26-10-14)29-11-21(22,23)24)27-20(28)17-9-16(17)15-4-2-3-13-7-8-25-19(13)15/h2-8,10,12,16-17,25H,9,11H2,1H3,(H,27,28)/t12-,16+,17-/m1/s1. The van der Waals surface area contributed by atoms with E-state index < -0.39 is 12.8 Å². The van der Waals surface area contributed by atoms with Crippen LogP contribution in [0.1, 0.15) is 36.4 Å². The van der Waals surface area contributed by atoms with E-state index in [1.54, 1.807) is 6.07 Å². The first-order valence-electron chi connectivity index (χ1n) is 9.34. The third-order valence-corrected chi connectivity index (χ3v) is 5.15. The summed E-state index contributed by atoms with van der Waals surface area (Å²) in [5, 5.41) is 4.09. The van der Waals surface area contributed by atoms with Gasteiger partial charge in [0.1, 0.15) is 0 Å². The Morgan fingerprint density at radius 3 is 2.86 bits per heavy atom. The number of nitrogens with zero attached hydrogens (tertiary/aromatic N) is 1. The van der Waals surface area contributed by atoms with Crippen molar-refractivity contribution in [3.8, 4) is 5.88 Å². The monoisotopic (exact) mass is 403 g/mol. The molecule has 29 heavy (non-hydrogen) atoms. The van der Waals surface area contributed by atoms with Gasteiger partial charge in [-0.2, -0.15) is 13.2 Å². The molecule has 2 aromatic heterocycles. The molecule has 1 amide bonds. The van der Waals surface area contributed by atoms with Crippen molar-refractivity contribution in [1.29, 1.82) is 0 Å². The van der Waals surface area contributed by atoms with Crippen LogP contribution in [0, 0.1) is 5.92 Å². The number of carbonyl (C=O) groups is 1. The Bertz CT molecular complexity index is 1010. The number of aromatic nitrogens is 2. The molecule has 1 aromatic carbocycles. The van der Waals surface area contributed by atoms with Crippen LogP contribution in [0.15, 0.2) is 48.8 Å². The first-order valence-corrected chi connectivity index (χ1v) is 9.34. The SMILES string of the molecule is C[C@@H](NC(=O)[C@@H]1C[C@H]1c1cccc2cc[nH]c12)c1ccc(OCC(F)(F)F)nc1. The fourth-order valence-electron chi connectivity index (χ4n) is 3.54. The second-order valence-electron chi connectivity index (χ2n) is 7.30. The van der Waals surface area contributed by atoms with Gasteiger partial charge in [-0.1, -0.05) is 24.3 Å². The number of hydrogen-bond acceptors (Lipinski definition) is 3. The largest absolute Gasteiger partial charge is 0.468 e. The molecule has 0 unspecified atom stereocenters. The zero-order chi connectivity index (χ0) is 20.6. The van der Waals surface area contributed by atoms with E-state index >= 15 is 0 Å². The predicted octanol–water partition coefficient (Wildman–Crippen LogP) is 4.48. The minimum absolute atomic E-state index is 0.0385. The van der Waals surface area contributed by atoms with Crippen molar-refractivity contribution in [2.24, 2.45) is 5.92 Å². The molecule has 0 aliphatic heterocycles. The molecule has 3 aromatic rings. The molecule has 3 atom stereocenters. The van der Waals surface area contributed by atoms with E-state index in [1.807, 2.05) is 37.4 Å². The van der Waals surface area contributed by atoms with Crippen LogP contribution in [0.2, 0.25) is 0 Å². The number of alkyl halides is 3. The lowest BCUT2D eigenvalue weighted by molar-refractivity contribution is -0.154. The zero-order valence-electron chi connectivity index (χ0n) is 15.7. The molecule has 8 heteroatoms. The van der Waals surface area contributed by atoms with E-state index in [1.165, 1.54) is 12.3 Å². The second kappa shape index (κ2) is 7.42. The lowest BCUT2D eigenvalue weighted by Gasteiger charge is -2.15. The number of aromatic amines is 1. The van der Waals surface area contributed by atoms with Crippen molar-refractivity contribution in [3.63, 3.8) is 0 Å². The number of carbonyl (C=O) groups excluding carboxylic acids is 1. The van der Waals surface area contributed by atoms with Crippen LogP contribution in [0.4, 0.5) is 13.2 Å². The summed E-state index contributed by atoms with van der Waals surface area (Å²) in [5.74, 6) is -0.0520. The first-order chi connectivity index (χ1) is 13.8. The molecule has 1 saturated carbocycles. The number of H-pyrrole nitrogens is 1. The quantitative estimate of drug-likeness (QED) is 0.638. The van der Waals surface area contributed by atoms with Gasteiger partial charge in [-0.25, -0.2) is 4.98 Å². The summed E-state index contributed by atoms with van der Waals surface area (Å²) in [6.07, 6.45) is -0.310. The Kier molecular flexibility index (Phi) is 4.94. The van der Waals surface area contributed by atoms with Gasteiger partial charge in [0, 0.05) is 29.9 Å². The Hall–Kier alpha value is -3.03. The van der Waals surface area contributed by atoms with Crippen molar-refractivity contribution in [2.45, 2.75) is 31.5 Å². The van der Waals surface area contributed by atoms with Crippen molar-refractivity contribution >= 4 is 16.8 Å². The lowest BCUT2D eigenvalue weighted by atomic mass is 10.1. The number of nitrogens with one attached hydrogen (secondary N) is 2. The van der Waals surface area contributed by atoms with Gasteiger partial charge < -0.3 is 15.0 Å². The molecular weight excluding hydrogens is 383 g/mol. The van der Waals surface area contributed by atoms with Gasteiger partial charge >= 0.3 is 6.18 Å². The van der Waals surface area contributed by atoms with Crippen LogP contribution in [0.5, 0.6) is 5.88 Å². The van der Waals surface area contributed by atoms with E-state index in [-0.39, 0.29) is 29.7 Å². The van der Waals surface area contributed by atoms with Crippen molar-refractivity contribution in [1.82, 2.24) is 15.3 Å². The molecule has 2 heterocycles. The van der Waals surface area contributed by atoms with Crippen molar-refractivity contribution in [2.75, 3.05) is 6.61 Å². The van der Waals surface area contributed by atoms with Crippen molar-refractivity contribution < 1.29 is 22.7 Å². The van der Waals surface area contributed by atoms with Crippen LogP contribution in [-0.2, 0) is 4.79 Å². The number of halogens is 3. The molecule has 5 nitrogen and oxygen atoms in total. The second-order valence-corrected chi connectivity index (χ2v) is 7.30. The molecule has 0 spiro atoms. The van der Waals surface area contributed by atoms with Gasteiger partial charge in [-0.15, -0.1) is 0 Å². The van der Waals surface area contributed by atoms with Crippen LogP contribution >= 0.6 is 0 Å². The van der Waals surface area contributed by atoms with Gasteiger partial charge in [0.05, 0.1) is 6.04 Å². The number of benzene rings is 1. The number of para-hydroxylation sites is 1. The number of hydrogen-bond donors (Lipinski definition) is 2. The number of rotatable bonds is 6. The molecule has 2 N–H and O–H groups in total. The summed E-state index contributed by atoms with van der Waals surface area (Å²) in [4.78, 5) is 19.8. The first kappa shape index (κ1) is 19.3. The fraction of sp³-hybridized carbons (Fsp3) is 0.333. The van der Waals surface area contributed by atoms with Crippen LogP contribution < -0.4 is 10.1 Å². The highest BCUT2D eigenvalue weighted by Gasteiger charge is 2.45. The maximum atomic E-state index is 12.6. The molecule has 152 valence electrons. The maximum absolute atomic E-state index is 12.6. The smallest absolute Gasteiger partial charge is 0.422 e. The van der Waals surface area contributed by atoms with Crippen molar-refractivity contribution in [3.05, 3.63) is 59.9 Å². The van der Waals surface area contributed by atoms with E-state index in [9.17, 15) is 18.0 Å². The van der Waals surface area contributed by atoms with E-state index in [0.717, 1.165) is 22.9 Å². The maximum Gasteiger partial charge on any atom is 0.422 e. The minimum Gasteiger partial charge on any atom is -0.468 e. The number of amides is 1.